The van der Waals surface area contributed by atoms with E-state index in [2.05, 4.69) is 13.8 Å². The summed E-state index contributed by atoms with van der Waals surface area (Å²) in [5.74, 6) is -4.00. The van der Waals surface area contributed by atoms with E-state index in [-0.39, 0.29) is 48.9 Å². The zero-order chi connectivity index (χ0) is 37.2. The van der Waals surface area contributed by atoms with Gasteiger partial charge in [-0.2, -0.15) is 0 Å². The third kappa shape index (κ3) is 53.4. The number of rotatable bonds is 36. The first-order chi connectivity index (χ1) is 24.3. The van der Waals surface area contributed by atoms with Gasteiger partial charge in [-0.3, -0.25) is 0 Å². The van der Waals surface area contributed by atoms with Crippen LogP contribution < -0.4 is 10.2 Å². The van der Waals surface area contributed by atoms with Crippen LogP contribution in [0.1, 0.15) is 206 Å². The van der Waals surface area contributed by atoms with Gasteiger partial charge in [0.15, 0.2) is 0 Å². The minimum Gasteiger partial charge on any atom is -0.545 e. The van der Waals surface area contributed by atoms with E-state index >= 15 is 0 Å². The van der Waals surface area contributed by atoms with Crippen molar-refractivity contribution >= 4 is 72.8 Å². The average molecular weight is 844 g/mol. The van der Waals surface area contributed by atoms with E-state index in [1.807, 2.05) is 0 Å². The zero-order valence-electron chi connectivity index (χ0n) is 32.9. The van der Waals surface area contributed by atoms with Crippen LogP contribution in [0.4, 0.5) is 0 Å². The molecule has 0 radical (unpaired) electrons. The van der Waals surface area contributed by atoms with Crippen molar-refractivity contribution in [2.75, 3.05) is 13.2 Å². The first-order valence-electron chi connectivity index (χ1n) is 20.4. The molecule has 51 heavy (non-hydrogen) atoms. The molecule has 0 bridgehead atoms. The molecule has 0 rings (SSSR count). The molecule has 0 aromatic heterocycles. The second-order valence-electron chi connectivity index (χ2n) is 13.5. The summed E-state index contributed by atoms with van der Waals surface area (Å²) >= 11 is 0. The van der Waals surface area contributed by atoms with E-state index < -0.39 is 23.9 Å². The number of hydrogen-bond donors (Lipinski definition) is 0. The van der Waals surface area contributed by atoms with Gasteiger partial charge in [0.05, 0.1) is 25.2 Å². The molecule has 8 nitrogen and oxygen atoms in total. The number of unbranched alkanes of at least 4 members (excludes halogenated alkanes) is 28. The number of hydrogen-bond acceptors (Lipinski definition) is 8. The fraction of sp³-hybridized carbons (Fsp3) is 0.810. The maximum Gasteiger partial charge on any atom is 2.00 e. The number of carboxylic acid groups (broad SMARTS) is 2. The summed E-state index contributed by atoms with van der Waals surface area (Å²) in [7, 11) is 0. The fourth-order valence-electron chi connectivity index (χ4n) is 5.66. The molecule has 0 saturated carbocycles. The zero-order valence-corrected chi connectivity index (χ0v) is 37.4. The minimum atomic E-state index is -1.39. The molecular weight excluding hydrogens is 770 g/mol. The normalized spacial score (nSPS) is 10.9. The number of aliphatic carboxylic acids is 2. The summed E-state index contributed by atoms with van der Waals surface area (Å²) in [4.78, 5) is 42.4. The molecule has 0 fully saturated rings. The van der Waals surface area contributed by atoms with E-state index in [0.29, 0.717) is 25.4 Å². The first-order valence-corrected chi connectivity index (χ1v) is 20.4. The third-order valence-corrected chi connectivity index (χ3v) is 8.70. The maximum absolute atomic E-state index is 11.1. The van der Waals surface area contributed by atoms with Crippen molar-refractivity contribution in [1.82, 2.24) is 0 Å². The van der Waals surface area contributed by atoms with Gasteiger partial charge in [-0.25, -0.2) is 9.59 Å². The molecule has 0 aliphatic rings. The molecule has 0 spiro atoms. The Bertz CT molecular complexity index is 775. The van der Waals surface area contributed by atoms with Crippen LogP contribution in [-0.4, -0.2) is 86.0 Å². The molecule has 0 N–H and O–H groups in total. The molecule has 0 amide bonds. The van der Waals surface area contributed by atoms with Gasteiger partial charge in [-0.15, -0.1) is 0 Å². The predicted molar refractivity (Wildman–Crippen MR) is 206 cm³/mol. The molecule has 9 heteroatoms. The average Bonchev–Trinajstić information content (AvgIpc) is 3.09. The summed E-state index contributed by atoms with van der Waals surface area (Å²) in [6.45, 7) is 5.23. The van der Waals surface area contributed by atoms with Crippen molar-refractivity contribution in [1.29, 1.82) is 0 Å². The second-order valence-corrected chi connectivity index (χ2v) is 13.5. The Kier molecular flexibility index (Phi) is 50.0. The van der Waals surface area contributed by atoms with Crippen LogP contribution in [0.15, 0.2) is 24.3 Å². The Morgan fingerprint density at radius 3 is 0.745 bits per heavy atom. The van der Waals surface area contributed by atoms with Crippen LogP contribution in [0.25, 0.3) is 0 Å². The molecule has 0 aliphatic heterocycles. The van der Waals surface area contributed by atoms with Gasteiger partial charge >= 0.3 is 60.8 Å². The minimum absolute atomic E-state index is 0. The van der Waals surface area contributed by atoms with Crippen molar-refractivity contribution in [3.05, 3.63) is 24.3 Å². The van der Waals surface area contributed by atoms with Gasteiger partial charge < -0.3 is 29.3 Å². The Morgan fingerprint density at radius 2 is 0.549 bits per heavy atom. The van der Waals surface area contributed by atoms with Gasteiger partial charge in [0.1, 0.15) is 0 Å². The van der Waals surface area contributed by atoms with Crippen LogP contribution >= 0.6 is 0 Å². The SMILES string of the molecule is CCCCCCCCCCCCCCCCCOC(=O)/C=C\C(=O)[O-].CCCCCCCCCCCCCCCCCOC(=O)/C=C\C(=O)[O-].[Ba+2]. The van der Waals surface area contributed by atoms with Crippen LogP contribution in [0.5, 0.6) is 0 Å². The molecule has 0 aliphatic carbocycles. The smallest absolute Gasteiger partial charge is 0.545 e. The van der Waals surface area contributed by atoms with E-state index in [1.54, 1.807) is 0 Å². The van der Waals surface area contributed by atoms with E-state index in [9.17, 15) is 29.4 Å². The maximum atomic E-state index is 11.1. The van der Waals surface area contributed by atoms with E-state index in [1.165, 1.54) is 167 Å². The molecule has 0 aromatic carbocycles. The third-order valence-electron chi connectivity index (χ3n) is 8.70. The molecule has 0 saturated heterocycles. The first kappa shape index (κ1) is 54.3. The molecule has 292 valence electrons. The molecule has 0 unspecified atom stereocenters. The standard InChI is InChI=1S/2C21H38O4.Ba/c2*1-2-3-4-5-6-7-8-9-10-11-12-13-14-15-16-19-25-21(24)18-17-20(22)23;/h2*17-18H,2-16,19H2,1H3,(H,22,23);/q;;+2/p-2/b2*18-17-;. The Labute approximate surface area is 352 Å². The molecule has 0 atom stereocenters. The summed E-state index contributed by atoms with van der Waals surface area (Å²) in [5.41, 5.74) is 0. The molecular formula is C42H74BaO8. The topological polar surface area (TPSA) is 133 Å². The van der Waals surface area contributed by atoms with Crippen LogP contribution in [-0.2, 0) is 28.7 Å². The number of ether oxygens (including phenoxy) is 2. The summed E-state index contributed by atoms with van der Waals surface area (Å²) in [6.07, 6.45) is 42.0. The monoisotopic (exact) mass is 844 g/mol. The van der Waals surface area contributed by atoms with Crippen LogP contribution in [0, 0.1) is 0 Å². The van der Waals surface area contributed by atoms with E-state index in [0.717, 1.165) is 37.8 Å². The Morgan fingerprint density at radius 1 is 0.353 bits per heavy atom. The summed E-state index contributed by atoms with van der Waals surface area (Å²) < 4.78 is 9.78. The molecule has 0 heterocycles. The number of carboxylic acids is 2. The van der Waals surface area contributed by atoms with Crippen molar-refractivity contribution < 1.29 is 38.9 Å². The Hall–Kier alpha value is -1.07. The fourth-order valence-corrected chi connectivity index (χ4v) is 5.66. The van der Waals surface area contributed by atoms with E-state index in [4.69, 9.17) is 9.47 Å². The number of carbonyl (C=O) groups excluding carboxylic acids is 4. The van der Waals surface area contributed by atoms with Crippen molar-refractivity contribution in [3.8, 4) is 0 Å². The molecule has 0 aromatic rings. The van der Waals surface area contributed by atoms with Crippen molar-refractivity contribution in [3.63, 3.8) is 0 Å². The Balaban J connectivity index is -0.000000886. The number of carbonyl (C=O) groups is 4. The number of esters is 2. The van der Waals surface area contributed by atoms with Gasteiger partial charge in [-0.05, 0) is 25.0 Å². The van der Waals surface area contributed by atoms with Gasteiger partial charge in [0, 0.05) is 12.2 Å². The summed E-state index contributed by atoms with van der Waals surface area (Å²) in [5, 5.41) is 20.2. The quantitative estimate of drug-likeness (QED) is 0.0264. The largest absolute Gasteiger partial charge is 2.00 e. The van der Waals surface area contributed by atoms with Crippen LogP contribution in [0.3, 0.4) is 0 Å². The van der Waals surface area contributed by atoms with Crippen molar-refractivity contribution in [2.45, 2.75) is 206 Å². The van der Waals surface area contributed by atoms with Gasteiger partial charge in [-0.1, -0.05) is 194 Å². The predicted octanol–water partition coefficient (Wildman–Crippen LogP) is 9.03. The van der Waals surface area contributed by atoms with Crippen LogP contribution in [0.2, 0.25) is 0 Å². The van der Waals surface area contributed by atoms with Gasteiger partial charge in [0.2, 0.25) is 0 Å². The van der Waals surface area contributed by atoms with Gasteiger partial charge in [0.25, 0.3) is 0 Å². The van der Waals surface area contributed by atoms with Crippen molar-refractivity contribution in [2.24, 2.45) is 0 Å². The second kappa shape index (κ2) is 47.0. The summed E-state index contributed by atoms with van der Waals surface area (Å²) in [6, 6.07) is 0.